The highest BCUT2D eigenvalue weighted by Crippen LogP contribution is 2.28. The van der Waals surface area contributed by atoms with Crippen LogP contribution in [-0.2, 0) is 7.05 Å². The molecule has 0 radical (unpaired) electrons. The van der Waals surface area contributed by atoms with E-state index in [-0.39, 0.29) is 17.9 Å². The SMILES string of the molecule is Cc1c(C(=O)Nc2ccc(-c3nc(-c4cncc(N5CCC(F)C5)n4)cnc3N)cc2)c(=O)n(-c2ccccc2)n1C. The van der Waals surface area contributed by atoms with Crippen molar-refractivity contribution in [3.8, 4) is 28.3 Å². The van der Waals surface area contributed by atoms with Gasteiger partial charge in [-0.3, -0.25) is 19.3 Å². The summed E-state index contributed by atoms with van der Waals surface area (Å²) in [5, 5.41) is 2.82. The number of alkyl halides is 1. The summed E-state index contributed by atoms with van der Waals surface area (Å²) in [5.74, 6) is 0.297. The van der Waals surface area contributed by atoms with Gasteiger partial charge in [-0.05, 0) is 37.6 Å². The minimum Gasteiger partial charge on any atom is -0.382 e. The van der Waals surface area contributed by atoms with Crippen LogP contribution in [0, 0.1) is 6.92 Å². The van der Waals surface area contributed by atoms with Gasteiger partial charge in [-0.25, -0.2) is 24.0 Å². The van der Waals surface area contributed by atoms with Crippen molar-refractivity contribution in [3.63, 3.8) is 0 Å². The summed E-state index contributed by atoms with van der Waals surface area (Å²) in [6.45, 7) is 2.59. The molecule has 0 aliphatic carbocycles. The first-order valence-electron chi connectivity index (χ1n) is 13.4. The molecule has 12 heteroatoms. The first kappa shape index (κ1) is 26.8. The van der Waals surface area contributed by atoms with E-state index in [1.54, 1.807) is 55.3 Å². The van der Waals surface area contributed by atoms with Gasteiger partial charge in [0.1, 0.15) is 40.5 Å². The van der Waals surface area contributed by atoms with E-state index < -0.39 is 17.6 Å². The predicted molar refractivity (Wildman–Crippen MR) is 158 cm³/mol. The highest BCUT2D eigenvalue weighted by molar-refractivity contribution is 6.05. The maximum Gasteiger partial charge on any atom is 0.284 e. The van der Waals surface area contributed by atoms with E-state index in [0.717, 1.165) is 0 Å². The summed E-state index contributed by atoms with van der Waals surface area (Å²) < 4.78 is 16.8. The molecule has 0 spiro atoms. The van der Waals surface area contributed by atoms with Crippen molar-refractivity contribution >= 4 is 23.2 Å². The van der Waals surface area contributed by atoms with E-state index >= 15 is 0 Å². The van der Waals surface area contributed by atoms with Crippen LogP contribution in [-0.4, -0.2) is 54.5 Å². The zero-order valence-electron chi connectivity index (χ0n) is 23.0. The van der Waals surface area contributed by atoms with E-state index in [1.165, 1.54) is 10.9 Å². The van der Waals surface area contributed by atoms with Crippen molar-refractivity contribution in [2.24, 2.45) is 7.05 Å². The fraction of sp³-hybridized carbons (Fsp3) is 0.200. The molecule has 6 rings (SSSR count). The molecular weight excluding hydrogens is 537 g/mol. The van der Waals surface area contributed by atoms with E-state index in [1.807, 2.05) is 35.2 Å². The van der Waals surface area contributed by atoms with Gasteiger partial charge in [-0.15, -0.1) is 0 Å². The summed E-state index contributed by atoms with van der Waals surface area (Å²) in [5.41, 5.74) is 9.60. The third-order valence-corrected chi connectivity index (χ3v) is 7.34. The molecule has 212 valence electrons. The second kappa shape index (κ2) is 10.9. The summed E-state index contributed by atoms with van der Waals surface area (Å²) >= 11 is 0. The lowest BCUT2D eigenvalue weighted by molar-refractivity contribution is 0.102. The minimum absolute atomic E-state index is 0.0625. The highest BCUT2D eigenvalue weighted by Gasteiger charge is 2.24. The number of aromatic nitrogens is 6. The molecule has 11 nitrogen and oxygen atoms in total. The van der Waals surface area contributed by atoms with Gasteiger partial charge in [0.25, 0.3) is 11.5 Å². The fourth-order valence-corrected chi connectivity index (χ4v) is 5.03. The second-order valence-electron chi connectivity index (χ2n) is 10.1. The molecule has 5 aromatic rings. The van der Waals surface area contributed by atoms with Gasteiger partial charge in [0.05, 0.1) is 36.5 Å². The van der Waals surface area contributed by atoms with E-state index in [4.69, 9.17) is 5.73 Å². The monoisotopic (exact) mass is 565 g/mol. The van der Waals surface area contributed by atoms with Crippen molar-refractivity contribution in [2.45, 2.75) is 19.5 Å². The van der Waals surface area contributed by atoms with Gasteiger partial charge in [0.15, 0.2) is 0 Å². The second-order valence-corrected chi connectivity index (χ2v) is 10.1. The Kier molecular flexibility index (Phi) is 6.95. The lowest BCUT2D eigenvalue weighted by atomic mass is 10.1. The molecule has 3 aromatic heterocycles. The first-order chi connectivity index (χ1) is 20.3. The van der Waals surface area contributed by atoms with Crippen molar-refractivity contribution in [3.05, 3.63) is 94.8 Å². The number of rotatable bonds is 6. The Labute approximate surface area is 240 Å². The van der Waals surface area contributed by atoms with Crippen molar-refractivity contribution in [1.82, 2.24) is 29.3 Å². The topological polar surface area (TPSA) is 137 Å². The maximum absolute atomic E-state index is 13.7. The minimum atomic E-state index is -0.879. The third kappa shape index (κ3) is 4.98. The number of para-hydroxylation sites is 1. The van der Waals surface area contributed by atoms with Crippen LogP contribution in [0.25, 0.3) is 28.3 Å². The molecule has 1 fully saturated rings. The number of nitrogen functional groups attached to an aromatic ring is 1. The Morgan fingerprint density at radius 3 is 2.48 bits per heavy atom. The summed E-state index contributed by atoms with van der Waals surface area (Å²) in [4.78, 5) is 46.1. The van der Waals surface area contributed by atoms with Crippen LogP contribution < -0.4 is 21.5 Å². The average Bonchev–Trinajstić information content (AvgIpc) is 3.54. The number of carbonyl (C=O) groups excluding carboxylic acids is 1. The number of hydrogen-bond acceptors (Lipinski definition) is 8. The number of halogens is 1. The molecule has 1 unspecified atom stereocenters. The number of nitrogens with two attached hydrogens (primary N) is 1. The Balaban J connectivity index is 1.23. The summed E-state index contributed by atoms with van der Waals surface area (Å²) in [6.07, 6.45) is 4.29. The quantitative estimate of drug-likeness (QED) is 0.317. The Bertz CT molecular complexity index is 1830. The van der Waals surface area contributed by atoms with Gasteiger partial charge in [0.2, 0.25) is 0 Å². The number of nitrogens with one attached hydrogen (secondary N) is 1. The standard InChI is InChI=1S/C30H28FN9O2/c1-18-26(30(42)40(38(18)2)22-6-4-3-5-7-22)29(41)35-21-10-8-19(9-11-21)27-28(32)34-15-24(37-27)23-14-33-16-25(36-23)39-13-12-20(31)17-39/h3-11,14-16,20H,12-13,17H2,1-2H3,(H2,32,34)(H,35,41). The summed E-state index contributed by atoms with van der Waals surface area (Å²) in [6, 6.07) is 16.1. The zero-order chi connectivity index (χ0) is 29.4. The zero-order valence-corrected chi connectivity index (χ0v) is 23.0. The van der Waals surface area contributed by atoms with Crippen LogP contribution in [0.15, 0.2) is 78.0 Å². The molecule has 0 saturated carbocycles. The Morgan fingerprint density at radius 1 is 1.02 bits per heavy atom. The van der Waals surface area contributed by atoms with Crippen LogP contribution in [0.5, 0.6) is 0 Å². The van der Waals surface area contributed by atoms with Crippen molar-refractivity contribution in [2.75, 3.05) is 29.0 Å². The smallest absolute Gasteiger partial charge is 0.284 e. The molecule has 42 heavy (non-hydrogen) atoms. The Hall–Kier alpha value is -5.39. The van der Waals surface area contributed by atoms with Gasteiger partial charge >= 0.3 is 0 Å². The summed E-state index contributed by atoms with van der Waals surface area (Å²) in [7, 11) is 1.74. The van der Waals surface area contributed by atoms with Crippen molar-refractivity contribution in [1.29, 1.82) is 0 Å². The van der Waals surface area contributed by atoms with Gasteiger partial charge in [0, 0.05) is 24.8 Å². The van der Waals surface area contributed by atoms with Crippen LogP contribution in [0.1, 0.15) is 22.5 Å². The molecule has 1 atom stereocenters. The molecular formula is C30H28FN9O2. The van der Waals surface area contributed by atoms with E-state index in [9.17, 15) is 14.0 Å². The first-order valence-corrected chi connectivity index (χ1v) is 13.4. The van der Waals surface area contributed by atoms with Crippen LogP contribution in [0.2, 0.25) is 0 Å². The molecule has 1 saturated heterocycles. The number of nitrogens with zero attached hydrogens (tertiary/aromatic N) is 7. The number of anilines is 3. The average molecular weight is 566 g/mol. The van der Waals surface area contributed by atoms with Crippen LogP contribution in [0.4, 0.5) is 21.7 Å². The lowest BCUT2D eigenvalue weighted by Crippen LogP contribution is -2.25. The van der Waals surface area contributed by atoms with E-state index in [0.29, 0.717) is 58.5 Å². The molecule has 1 aliphatic rings. The molecule has 4 heterocycles. The van der Waals surface area contributed by atoms with Gasteiger partial charge < -0.3 is 16.0 Å². The molecule has 1 aliphatic heterocycles. The van der Waals surface area contributed by atoms with E-state index in [2.05, 4.69) is 25.3 Å². The number of benzene rings is 2. The lowest BCUT2D eigenvalue weighted by Gasteiger charge is -2.16. The molecule has 2 aromatic carbocycles. The fourth-order valence-electron chi connectivity index (χ4n) is 5.03. The van der Waals surface area contributed by atoms with Crippen molar-refractivity contribution < 1.29 is 9.18 Å². The normalized spacial score (nSPS) is 14.7. The molecule has 3 N–H and O–H groups in total. The molecule has 1 amide bonds. The van der Waals surface area contributed by atoms with Gasteiger partial charge in [-0.1, -0.05) is 30.3 Å². The number of amides is 1. The maximum atomic E-state index is 13.7. The van der Waals surface area contributed by atoms with Crippen LogP contribution >= 0.6 is 0 Å². The predicted octanol–water partition coefficient (Wildman–Crippen LogP) is 3.78. The Morgan fingerprint density at radius 2 is 1.76 bits per heavy atom. The largest absolute Gasteiger partial charge is 0.382 e. The highest BCUT2D eigenvalue weighted by atomic mass is 19.1. The third-order valence-electron chi connectivity index (χ3n) is 7.34. The molecule has 0 bridgehead atoms. The number of carbonyl (C=O) groups is 1. The van der Waals surface area contributed by atoms with Gasteiger partial charge in [-0.2, -0.15) is 0 Å². The van der Waals surface area contributed by atoms with Crippen LogP contribution in [0.3, 0.4) is 0 Å². The number of hydrogen-bond donors (Lipinski definition) is 2.